The fourth-order valence-electron chi connectivity index (χ4n) is 0. The average molecular weight is 456 g/mol. The van der Waals surface area contributed by atoms with Crippen LogP contribution >= 0.6 is 50.5 Å². The van der Waals surface area contributed by atoms with Crippen LogP contribution in [0.1, 0.15) is 13.3 Å². The van der Waals surface area contributed by atoms with Crippen molar-refractivity contribution in [3.63, 3.8) is 0 Å². The van der Waals surface area contributed by atoms with Crippen LogP contribution in [-0.4, -0.2) is 10.2 Å². The zero-order valence-electron chi connectivity index (χ0n) is 4.58. The van der Waals surface area contributed by atoms with Gasteiger partial charge >= 0.3 is 50.5 Å². The first-order chi connectivity index (χ1) is 3.33. The second kappa shape index (κ2) is 15.8. The Morgan fingerprint density at radius 1 is 1.57 bits per heavy atom. The molecule has 0 aliphatic rings. The summed E-state index contributed by atoms with van der Waals surface area (Å²) in [5.74, 6) is 0. The van der Waals surface area contributed by atoms with E-state index in [1.54, 1.807) is 0 Å². The monoisotopic (exact) mass is 456 g/mol. The molecule has 0 N–H and O–H groups in total. The Morgan fingerprint density at radius 3 is 1.71 bits per heavy atom. The van der Waals surface area contributed by atoms with Gasteiger partial charge in [-0.2, -0.15) is 0 Å². The zero-order chi connectivity index (χ0) is 6.12. The third kappa shape index (κ3) is 29.7. The van der Waals surface area contributed by atoms with Crippen LogP contribution in [0.3, 0.4) is 0 Å². The molecular weight excluding hydrogens is 445 g/mol. The molecule has 0 unspecified atom stereocenters. The fraction of sp³-hybridized carbons (Fsp3) is 1.00. The van der Waals surface area contributed by atoms with Crippen molar-refractivity contribution in [1.82, 2.24) is 0 Å². The van der Waals surface area contributed by atoms with Gasteiger partial charge in [0, 0.05) is 10.2 Å². The maximum atomic E-state index is 2.41. The summed E-state index contributed by atoms with van der Waals surface area (Å²) in [7, 11) is 1.39. The minimum absolute atomic E-state index is 0.410. The Balaban J connectivity index is 0. The molecule has 0 radical (unpaired) electrons. The van der Waals surface area contributed by atoms with Crippen LogP contribution in [0.2, 0.25) is 6.04 Å². The van der Waals surface area contributed by atoms with Gasteiger partial charge < -0.3 is 0 Å². The van der Waals surface area contributed by atoms with E-state index in [0.29, 0.717) is 13.3 Å². The zero-order valence-corrected chi connectivity index (χ0v) is 13.2. The van der Waals surface area contributed by atoms with E-state index >= 15 is 0 Å². The van der Waals surface area contributed by atoms with Crippen molar-refractivity contribution in [3.05, 3.63) is 0 Å². The van der Waals surface area contributed by atoms with Gasteiger partial charge in [0.2, 0.25) is 0 Å². The number of hydrogen-bond acceptors (Lipinski definition) is 0. The van der Waals surface area contributed by atoms with Gasteiger partial charge in [-0.3, -0.25) is 0 Å². The van der Waals surface area contributed by atoms with E-state index in [1.807, 2.05) is 0 Å². The molecule has 0 aliphatic carbocycles. The van der Waals surface area contributed by atoms with Gasteiger partial charge in [0.15, 0.2) is 0 Å². The average Bonchev–Trinajstić information content (AvgIpc) is 1.69. The number of hydrogen-bond donors (Lipinski definition) is 0. The van der Waals surface area contributed by atoms with Gasteiger partial charge in [0.1, 0.15) is 0 Å². The Morgan fingerprint density at radius 2 is 1.71 bits per heavy atom. The topological polar surface area (TPSA) is 0 Å². The van der Waals surface area contributed by atoms with E-state index in [4.69, 9.17) is 0 Å². The SMILES string of the molecule is CCC[SiH3].I[IH]I. The van der Waals surface area contributed by atoms with Crippen LogP contribution in [0.15, 0.2) is 0 Å². The van der Waals surface area contributed by atoms with Gasteiger partial charge in [0.05, 0.1) is 0 Å². The summed E-state index contributed by atoms with van der Waals surface area (Å²) in [6.07, 6.45) is 1.38. The summed E-state index contributed by atoms with van der Waals surface area (Å²) in [6, 6.07) is 1.46. The van der Waals surface area contributed by atoms with Crippen molar-refractivity contribution >= 4 is 60.7 Å². The first kappa shape index (κ1) is 12.1. The minimum atomic E-state index is 0.410. The van der Waals surface area contributed by atoms with Crippen molar-refractivity contribution in [2.24, 2.45) is 0 Å². The van der Waals surface area contributed by atoms with Crippen LogP contribution in [0.5, 0.6) is 0 Å². The van der Waals surface area contributed by atoms with E-state index in [-0.39, 0.29) is 0 Å². The molecular formula is C3H11I3Si. The maximum absolute atomic E-state index is 2.41. The predicted molar refractivity (Wildman–Crippen MR) is 68.5 cm³/mol. The molecule has 0 aliphatic heterocycles. The van der Waals surface area contributed by atoms with Gasteiger partial charge in [-0.1, -0.05) is 19.4 Å². The molecule has 0 atom stereocenters. The fourth-order valence-corrected chi connectivity index (χ4v) is 0. The molecule has 0 bridgehead atoms. The Hall–Kier alpha value is 2.41. The van der Waals surface area contributed by atoms with E-state index in [9.17, 15) is 0 Å². The van der Waals surface area contributed by atoms with Gasteiger partial charge in [0.25, 0.3) is 0 Å². The van der Waals surface area contributed by atoms with E-state index in [0.717, 1.165) is 0 Å². The van der Waals surface area contributed by atoms with E-state index < -0.39 is 0 Å². The molecule has 0 rings (SSSR count). The van der Waals surface area contributed by atoms with Crippen LogP contribution in [0, 0.1) is 0 Å². The van der Waals surface area contributed by atoms with Gasteiger partial charge in [-0.05, 0) is 0 Å². The van der Waals surface area contributed by atoms with Crippen molar-refractivity contribution < 1.29 is 0 Å². The molecule has 0 amide bonds. The molecule has 0 aromatic carbocycles. The molecule has 0 fully saturated rings. The van der Waals surface area contributed by atoms with Crippen molar-refractivity contribution in [1.29, 1.82) is 0 Å². The summed E-state index contributed by atoms with van der Waals surface area (Å²) in [4.78, 5) is 0. The molecule has 0 nitrogen and oxygen atoms in total. The van der Waals surface area contributed by atoms with Crippen LogP contribution < -0.4 is 0 Å². The van der Waals surface area contributed by atoms with Crippen molar-refractivity contribution in [2.45, 2.75) is 19.4 Å². The summed E-state index contributed by atoms with van der Waals surface area (Å²) in [5.41, 5.74) is 0. The molecule has 0 aromatic heterocycles. The van der Waals surface area contributed by atoms with E-state index in [2.05, 4.69) is 44.2 Å². The van der Waals surface area contributed by atoms with Crippen molar-refractivity contribution in [3.8, 4) is 0 Å². The second-order valence-corrected chi connectivity index (χ2v) is 19.6. The third-order valence-electron chi connectivity index (χ3n) is 0.500. The molecule has 48 valence electrons. The summed E-state index contributed by atoms with van der Waals surface area (Å²) in [6.45, 7) is 2.22. The standard InChI is InChI=1S/C3H10Si.HI3/c1-2-3-4;1-3-2/h2-3H2,1,4H3;3H. The first-order valence-electron chi connectivity index (χ1n) is 2.22. The Kier molecular flexibility index (Phi) is 27.3. The van der Waals surface area contributed by atoms with Crippen LogP contribution in [0.25, 0.3) is 0 Å². The van der Waals surface area contributed by atoms with E-state index in [1.165, 1.54) is 22.7 Å². The van der Waals surface area contributed by atoms with Gasteiger partial charge in [-0.15, -0.1) is 0 Å². The summed E-state index contributed by atoms with van der Waals surface area (Å²) in [5, 5.41) is 0. The second-order valence-electron chi connectivity index (χ2n) is 1.06. The number of halogens is 3. The molecule has 0 spiro atoms. The number of rotatable bonds is 1. The first-order valence-corrected chi connectivity index (χ1v) is 17.2. The molecule has 0 saturated carbocycles. The Bertz CT molecular complexity index is 17.7. The molecule has 0 aromatic rings. The van der Waals surface area contributed by atoms with Crippen molar-refractivity contribution in [2.75, 3.05) is 0 Å². The Labute approximate surface area is 78.6 Å². The predicted octanol–water partition coefficient (Wildman–Crippen LogP) is 2.57. The van der Waals surface area contributed by atoms with Crippen LogP contribution in [-0.2, 0) is 0 Å². The summed E-state index contributed by atoms with van der Waals surface area (Å²) >= 11 is 5.22. The quantitative estimate of drug-likeness (QED) is 0.421. The van der Waals surface area contributed by atoms with Gasteiger partial charge in [-0.25, -0.2) is 0 Å². The molecule has 0 heterocycles. The molecule has 7 heavy (non-hydrogen) atoms. The van der Waals surface area contributed by atoms with Crippen LogP contribution in [0.4, 0.5) is 0 Å². The third-order valence-corrected chi connectivity index (χ3v) is 1.50. The molecule has 0 saturated heterocycles. The normalized spacial score (nSPS) is 7.86. The summed E-state index contributed by atoms with van der Waals surface area (Å²) < 4.78 is 0. The molecule has 4 heteroatoms.